The van der Waals surface area contributed by atoms with Crippen LogP contribution in [0.2, 0.25) is 0 Å². The van der Waals surface area contributed by atoms with Crippen LogP contribution in [0.5, 0.6) is 0 Å². The van der Waals surface area contributed by atoms with Crippen LogP contribution in [-0.2, 0) is 27.3 Å². The van der Waals surface area contributed by atoms with Crippen LogP contribution in [0.1, 0.15) is 88.5 Å². The summed E-state index contributed by atoms with van der Waals surface area (Å²) in [6, 6.07) is 9.71. The van der Waals surface area contributed by atoms with Gasteiger partial charge >= 0.3 is 6.18 Å². The first-order valence-electron chi connectivity index (χ1n) is 16.6. The monoisotopic (exact) mass is 659 g/mol. The fourth-order valence-corrected chi connectivity index (χ4v) is 6.73. The number of hydrogen-bond donors (Lipinski definition) is 2. The van der Waals surface area contributed by atoms with Gasteiger partial charge in [0.15, 0.2) is 0 Å². The molecule has 0 spiro atoms. The third-order valence-corrected chi connectivity index (χ3v) is 8.81. The SMILES string of the molecule is C=O.CNNCCCCCCN1CCC(c2ccc3c(c2)c(CC(C)(C)COC=O)c(-c2cccnc2C(C)C)n3CC(F)(F)F)C1. The lowest BCUT2D eigenvalue weighted by Gasteiger charge is -2.25. The second kappa shape index (κ2) is 17.8. The van der Waals surface area contributed by atoms with Gasteiger partial charge < -0.3 is 19.0 Å². The van der Waals surface area contributed by atoms with Crippen molar-refractivity contribution in [3.63, 3.8) is 0 Å². The molecule has 1 aliphatic rings. The summed E-state index contributed by atoms with van der Waals surface area (Å²) in [4.78, 5) is 26.2. The van der Waals surface area contributed by atoms with Gasteiger partial charge in [0, 0.05) is 41.2 Å². The highest BCUT2D eigenvalue weighted by molar-refractivity contribution is 5.93. The second-order valence-corrected chi connectivity index (χ2v) is 13.5. The fraction of sp³-hybridized carbons (Fsp3) is 0.583. The Morgan fingerprint density at radius 2 is 1.87 bits per heavy atom. The zero-order valence-corrected chi connectivity index (χ0v) is 28.6. The molecule has 4 rings (SSSR count). The van der Waals surface area contributed by atoms with E-state index < -0.39 is 18.1 Å². The largest absolute Gasteiger partial charge is 0.467 e. The molecule has 0 amide bonds. The van der Waals surface area contributed by atoms with E-state index in [-0.39, 0.29) is 12.5 Å². The topological polar surface area (TPSA) is 88.5 Å². The van der Waals surface area contributed by atoms with Gasteiger partial charge in [0.2, 0.25) is 0 Å². The van der Waals surface area contributed by atoms with Gasteiger partial charge in [-0.25, -0.2) is 0 Å². The van der Waals surface area contributed by atoms with E-state index in [0.717, 1.165) is 61.2 Å². The van der Waals surface area contributed by atoms with Crippen LogP contribution in [-0.4, -0.2) is 73.7 Å². The highest BCUT2D eigenvalue weighted by Gasteiger charge is 2.34. The summed E-state index contributed by atoms with van der Waals surface area (Å²) in [5.41, 5.74) is 10.2. The maximum Gasteiger partial charge on any atom is 0.406 e. The Labute approximate surface area is 277 Å². The number of aromatic nitrogens is 2. The predicted molar refractivity (Wildman–Crippen MR) is 181 cm³/mol. The smallest absolute Gasteiger partial charge is 0.406 e. The maximum atomic E-state index is 14.2. The molecule has 2 N–H and O–H groups in total. The first kappa shape index (κ1) is 38.2. The van der Waals surface area contributed by atoms with Crippen molar-refractivity contribution in [2.75, 3.05) is 39.8 Å². The van der Waals surface area contributed by atoms with Crippen LogP contribution in [0.3, 0.4) is 0 Å². The normalized spacial score (nSPS) is 15.6. The summed E-state index contributed by atoms with van der Waals surface area (Å²) in [6.45, 7) is 13.5. The number of rotatable bonds is 17. The molecular formula is C36H52F3N5O3. The van der Waals surface area contributed by atoms with Crippen molar-refractivity contribution in [1.82, 2.24) is 25.3 Å². The summed E-state index contributed by atoms with van der Waals surface area (Å²) < 4.78 is 49.2. The number of nitrogens with zero attached hydrogens (tertiary/aromatic N) is 3. The lowest BCUT2D eigenvalue weighted by atomic mass is 9.83. The molecule has 1 aliphatic heterocycles. The molecule has 3 heterocycles. The van der Waals surface area contributed by atoms with E-state index in [4.69, 9.17) is 9.53 Å². The van der Waals surface area contributed by atoms with Gasteiger partial charge in [-0.15, -0.1) is 0 Å². The minimum absolute atomic E-state index is 0.0165. The van der Waals surface area contributed by atoms with Crippen LogP contribution in [0.15, 0.2) is 36.5 Å². The van der Waals surface area contributed by atoms with E-state index in [1.165, 1.54) is 23.8 Å². The fourth-order valence-electron chi connectivity index (χ4n) is 6.73. The van der Waals surface area contributed by atoms with E-state index in [2.05, 4.69) is 26.8 Å². The van der Waals surface area contributed by atoms with Crippen molar-refractivity contribution in [2.24, 2.45) is 5.41 Å². The molecule has 0 aliphatic carbocycles. The Morgan fingerprint density at radius 1 is 1.13 bits per heavy atom. The van der Waals surface area contributed by atoms with Crippen molar-refractivity contribution in [1.29, 1.82) is 0 Å². The number of fused-ring (bicyclic) bond motifs is 1. The summed E-state index contributed by atoms with van der Waals surface area (Å²) >= 11 is 0. The lowest BCUT2D eigenvalue weighted by Crippen LogP contribution is -2.28. The molecule has 0 radical (unpaired) electrons. The molecular weight excluding hydrogens is 607 g/mol. The van der Waals surface area contributed by atoms with Crippen molar-refractivity contribution in [3.05, 3.63) is 53.3 Å². The van der Waals surface area contributed by atoms with Crippen molar-refractivity contribution in [3.8, 4) is 11.3 Å². The van der Waals surface area contributed by atoms with Gasteiger partial charge in [-0.3, -0.25) is 20.6 Å². The number of hydrogen-bond acceptors (Lipinski definition) is 7. The van der Waals surface area contributed by atoms with Crippen molar-refractivity contribution < 1.29 is 27.5 Å². The molecule has 8 nitrogen and oxygen atoms in total. The molecule has 2 aromatic heterocycles. The van der Waals surface area contributed by atoms with Gasteiger partial charge in [0.25, 0.3) is 6.47 Å². The highest BCUT2D eigenvalue weighted by atomic mass is 19.4. The average Bonchev–Trinajstić information content (AvgIpc) is 3.62. The summed E-state index contributed by atoms with van der Waals surface area (Å²) in [7, 11) is 1.88. The Kier molecular flexibility index (Phi) is 14.4. The molecule has 260 valence electrons. The molecule has 11 heteroatoms. The number of alkyl halides is 3. The van der Waals surface area contributed by atoms with Crippen LogP contribution in [0.25, 0.3) is 22.2 Å². The molecule has 1 unspecified atom stereocenters. The number of unbranched alkanes of at least 4 members (excludes halogenated alkanes) is 3. The highest BCUT2D eigenvalue weighted by Crippen LogP contribution is 2.43. The summed E-state index contributed by atoms with van der Waals surface area (Å²) in [6.07, 6.45) is 3.47. The van der Waals surface area contributed by atoms with Gasteiger partial charge in [-0.1, -0.05) is 46.6 Å². The number of carbonyl (C=O) groups is 2. The third kappa shape index (κ3) is 10.6. The standard InChI is InChI=1S/C35H50F3N5O2.CH2O/c1-25(2)32-28(11-10-15-40-32)33-30(20-34(3,4)23-45-24-44)29-19-26(12-13-31(29)43(33)22-35(36,37)38)27-14-18-42(21-27)17-9-7-6-8-16-41-39-5;1-2/h10-13,15,19,24-25,27,39,41H,6-9,14,16-18,20-23H2,1-5H3;1H2. The lowest BCUT2D eigenvalue weighted by molar-refractivity contribution is -0.139. The number of nitrogens with one attached hydrogen (secondary N) is 2. The quantitative estimate of drug-likeness (QED) is 0.0915. The van der Waals surface area contributed by atoms with Crippen LogP contribution in [0, 0.1) is 5.41 Å². The van der Waals surface area contributed by atoms with Gasteiger partial charge in [0.1, 0.15) is 13.3 Å². The number of halogens is 3. The summed E-state index contributed by atoms with van der Waals surface area (Å²) in [5.74, 6) is 0.343. The van der Waals surface area contributed by atoms with Crippen LogP contribution >= 0.6 is 0 Å². The van der Waals surface area contributed by atoms with Crippen LogP contribution < -0.4 is 10.9 Å². The molecule has 0 saturated carbocycles. The Hall–Kier alpha value is -3.28. The first-order valence-corrected chi connectivity index (χ1v) is 16.6. The molecule has 47 heavy (non-hydrogen) atoms. The molecule has 1 aromatic carbocycles. The Balaban J connectivity index is 0.00000294. The molecule has 0 bridgehead atoms. The number of pyridine rings is 1. The molecule has 3 aromatic rings. The Morgan fingerprint density at radius 3 is 2.55 bits per heavy atom. The van der Waals surface area contributed by atoms with Crippen molar-refractivity contribution in [2.45, 2.75) is 90.8 Å². The summed E-state index contributed by atoms with van der Waals surface area (Å²) in [5, 5.41) is 0.832. The third-order valence-electron chi connectivity index (χ3n) is 8.81. The van der Waals surface area contributed by atoms with Crippen molar-refractivity contribution >= 4 is 24.2 Å². The number of ether oxygens (including phenoxy) is 1. The number of carbonyl (C=O) groups excluding carboxylic acids is 2. The van der Waals surface area contributed by atoms with Gasteiger partial charge in [0.05, 0.1) is 18.0 Å². The first-order chi connectivity index (χ1) is 22.4. The zero-order valence-electron chi connectivity index (χ0n) is 28.6. The number of likely N-dealkylation sites (tertiary alicyclic amines) is 1. The molecule has 1 saturated heterocycles. The van der Waals surface area contributed by atoms with E-state index >= 15 is 0 Å². The zero-order chi connectivity index (χ0) is 34.6. The number of hydrazine groups is 1. The average molecular weight is 660 g/mol. The number of benzene rings is 1. The maximum absolute atomic E-state index is 14.2. The van der Waals surface area contributed by atoms with E-state index in [1.54, 1.807) is 12.3 Å². The Bertz CT molecular complexity index is 1420. The van der Waals surface area contributed by atoms with Gasteiger partial charge in [-0.05, 0) is 93.0 Å². The molecule has 1 fully saturated rings. The molecule has 1 atom stereocenters. The second-order valence-electron chi connectivity index (χ2n) is 13.5. The minimum atomic E-state index is -4.41. The van der Waals surface area contributed by atoms with Gasteiger partial charge in [-0.2, -0.15) is 13.2 Å². The predicted octanol–water partition coefficient (Wildman–Crippen LogP) is 7.02. The van der Waals surface area contributed by atoms with E-state index in [9.17, 15) is 18.0 Å². The minimum Gasteiger partial charge on any atom is -0.467 e. The van der Waals surface area contributed by atoms with E-state index in [0.29, 0.717) is 35.6 Å². The van der Waals surface area contributed by atoms with Crippen LogP contribution in [0.4, 0.5) is 13.2 Å². The van der Waals surface area contributed by atoms with E-state index in [1.807, 2.05) is 59.7 Å².